The van der Waals surface area contributed by atoms with Crippen molar-refractivity contribution in [3.8, 4) is 5.75 Å². The van der Waals surface area contributed by atoms with Crippen LogP contribution < -0.4 is 4.90 Å². The average Bonchev–Trinajstić information content (AvgIpc) is 1.88. The fraction of sp³-hybridized carbons (Fsp3) is 0.250. The molecule has 0 atom stereocenters. The first-order valence-corrected chi connectivity index (χ1v) is 3.09. The van der Waals surface area contributed by atoms with Crippen molar-refractivity contribution < 1.29 is 5.11 Å². The summed E-state index contributed by atoms with van der Waals surface area (Å²) in [6.07, 6.45) is 0. The number of nitrogens with zero attached hydrogens (tertiary/aromatic N) is 1. The number of hydrogen-bond donors (Lipinski definition) is 1. The molecule has 0 amide bonds. The van der Waals surface area contributed by atoms with E-state index in [0.29, 0.717) is 0 Å². The number of anilines is 1. The van der Waals surface area contributed by atoms with Gasteiger partial charge in [0.2, 0.25) is 0 Å². The maximum Gasteiger partial charge on any atom is 0.146 e. The number of aromatic hydroxyl groups is 1. The molecule has 1 rings (SSSR count). The van der Waals surface area contributed by atoms with Crippen molar-refractivity contribution in [3.63, 3.8) is 0 Å². The molecule has 0 saturated carbocycles. The molecule has 0 bridgehead atoms. The predicted molar refractivity (Wildman–Crippen MR) is 41.3 cm³/mol. The highest BCUT2D eigenvalue weighted by Crippen LogP contribution is 2.22. The number of benzene rings is 1. The Morgan fingerprint density at radius 1 is 1.50 bits per heavy atom. The summed E-state index contributed by atoms with van der Waals surface area (Å²) in [6, 6.07) is 8.06. The molecule has 1 aromatic carbocycles. The first-order chi connectivity index (χ1) is 4.72. The van der Waals surface area contributed by atoms with Crippen molar-refractivity contribution in [1.82, 2.24) is 0 Å². The highest BCUT2D eigenvalue weighted by Gasteiger charge is 1.98. The lowest BCUT2D eigenvalue weighted by Gasteiger charge is -2.12. The van der Waals surface area contributed by atoms with Crippen molar-refractivity contribution in [2.24, 2.45) is 0 Å². The molecule has 0 aliphatic carbocycles. The van der Waals surface area contributed by atoms with Gasteiger partial charge in [-0.15, -0.1) is 0 Å². The molecule has 0 fully saturated rings. The van der Waals surface area contributed by atoms with E-state index in [1.165, 1.54) is 0 Å². The van der Waals surface area contributed by atoms with Gasteiger partial charge in [0, 0.05) is 20.2 Å². The van der Waals surface area contributed by atoms with E-state index in [2.05, 4.69) is 6.07 Å². The van der Waals surface area contributed by atoms with Crippen LogP contribution >= 0.6 is 0 Å². The number of hydrogen-bond acceptors (Lipinski definition) is 2. The lowest BCUT2D eigenvalue weighted by Crippen LogP contribution is -2.08. The zero-order valence-corrected chi connectivity index (χ0v) is 6.13. The smallest absolute Gasteiger partial charge is 0.146 e. The van der Waals surface area contributed by atoms with Crippen LogP contribution in [0.3, 0.4) is 0 Å². The Morgan fingerprint density at radius 2 is 2.20 bits per heavy atom. The van der Waals surface area contributed by atoms with Crippen molar-refractivity contribution in [3.05, 3.63) is 24.3 Å². The SMILES string of the molecule is CN(C)c1ccc[c]c1O. The predicted octanol–water partition coefficient (Wildman–Crippen LogP) is 1.26. The Hall–Kier alpha value is -1.18. The van der Waals surface area contributed by atoms with Crippen LogP contribution in [-0.4, -0.2) is 19.2 Å². The quantitative estimate of drug-likeness (QED) is 0.628. The topological polar surface area (TPSA) is 23.5 Å². The summed E-state index contributed by atoms with van der Waals surface area (Å²) >= 11 is 0. The van der Waals surface area contributed by atoms with Crippen LogP contribution in [0, 0.1) is 6.07 Å². The zero-order valence-electron chi connectivity index (χ0n) is 6.13. The molecule has 53 valence electrons. The van der Waals surface area contributed by atoms with Crippen LogP contribution in [0.1, 0.15) is 0 Å². The first-order valence-electron chi connectivity index (χ1n) is 3.09. The summed E-state index contributed by atoms with van der Waals surface area (Å²) in [6.45, 7) is 0. The largest absolute Gasteiger partial charge is 0.505 e. The second-order valence-corrected chi connectivity index (χ2v) is 2.30. The highest BCUT2D eigenvalue weighted by molar-refractivity contribution is 5.55. The average molecular weight is 136 g/mol. The molecule has 2 heteroatoms. The fourth-order valence-electron chi connectivity index (χ4n) is 0.780. The molecule has 0 aliphatic heterocycles. The second kappa shape index (κ2) is 2.60. The molecule has 1 N–H and O–H groups in total. The van der Waals surface area contributed by atoms with E-state index >= 15 is 0 Å². The van der Waals surface area contributed by atoms with Gasteiger partial charge in [-0.1, -0.05) is 12.1 Å². The van der Waals surface area contributed by atoms with E-state index in [9.17, 15) is 5.11 Å². The Kier molecular flexibility index (Phi) is 1.81. The van der Waals surface area contributed by atoms with Gasteiger partial charge in [0.05, 0.1) is 5.69 Å². The monoisotopic (exact) mass is 136 g/mol. The zero-order chi connectivity index (χ0) is 7.56. The van der Waals surface area contributed by atoms with E-state index in [1.807, 2.05) is 31.1 Å². The number of rotatable bonds is 1. The molecular formula is C8H10NO. The molecule has 10 heavy (non-hydrogen) atoms. The van der Waals surface area contributed by atoms with Crippen molar-refractivity contribution >= 4 is 5.69 Å². The fourth-order valence-corrected chi connectivity index (χ4v) is 0.780. The first kappa shape index (κ1) is 6.93. The summed E-state index contributed by atoms with van der Waals surface area (Å²) in [5.74, 6) is 0.201. The van der Waals surface area contributed by atoms with Gasteiger partial charge in [-0.25, -0.2) is 0 Å². The van der Waals surface area contributed by atoms with Gasteiger partial charge < -0.3 is 10.0 Å². The maximum absolute atomic E-state index is 9.18. The Labute approximate surface area is 60.7 Å². The van der Waals surface area contributed by atoms with Crippen LogP contribution in [0.25, 0.3) is 0 Å². The molecule has 0 heterocycles. The van der Waals surface area contributed by atoms with Crippen LogP contribution in [0.5, 0.6) is 5.75 Å². The summed E-state index contributed by atoms with van der Waals surface area (Å²) in [4.78, 5) is 1.84. The van der Waals surface area contributed by atoms with Gasteiger partial charge in [0.1, 0.15) is 5.75 Å². The van der Waals surface area contributed by atoms with Gasteiger partial charge >= 0.3 is 0 Å². The summed E-state index contributed by atoms with van der Waals surface area (Å²) in [5, 5.41) is 9.18. The maximum atomic E-state index is 9.18. The van der Waals surface area contributed by atoms with Gasteiger partial charge in [-0.3, -0.25) is 0 Å². The van der Waals surface area contributed by atoms with E-state index < -0.39 is 0 Å². The van der Waals surface area contributed by atoms with Crippen molar-refractivity contribution in [1.29, 1.82) is 0 Å². The van der Waals surface area contributed by atoms with Crippen LogP contribution in [-0.2, 0) is 0 Å². The van der Waals surface area contributed by atoms with E-state index in [-0.39, 0.29) is 5.75 Å². The third-order valence-corrected chi connectivity index (χ3v) is 1.29. The standard InChI is InChI=1S/C8H10NO/c1-9(2)7-5-3-4-6-8(7)10/h3-5,10H,1-2H3. The Morgan fingerprint density at radius 3 is 2.60 bits per heavy atom. The Bertz CT molecular complexity index is 220. The lowest BCUT2D eigenvalue weighted by atomic mass is 10.3. The number of para-hydroxylation sites is 1. The van der Waals surface area contributed by atoms with Gasteiger partial charge in [0.25, 0.3) is 0 Å². The van der Waals surface area contributed by atoms with Crippen LogP contribution in [0.15, 0.2) is 18.2 Å². The summed E-state index contributed by atoms with van der Waals surface area (Å²) < 4.78 is 0. The molecule has 0 aliphatic rings. The van der Waals surface area contributed by atoms with E-state index in [4.69, 9.17) is 0 Å². The molecular weight excluding hydrogens is 126 g/mol. The summed E-state index contributed by atoms with van der Waals surface area (Å²) in [5.41, 5.74) is 0.794. The molecule has 0 unspecified atom stereocenters. The van der Waals surface area contributed by atoms with Crippen molar-refractivity contribution in [2.75, 3.05) is 19.0 Å². The molecule has 2 nitrogen and oxygen atoms in total. The van der Waals surface area contributed by atoms with Gasteiger partial charge in [-0.2, -0.15) is 0 Å². The molecule has 1 radical (unpaired) electrons. The minimum Gasteiger partial charge on any atom is -0.505 e. The normalized spacial score (nSPS) is 9.40. The van der Waals surface area contributed by atoms with Gasteiger partial charge in [0.15, 0.2) is 0 Å². The van der Waals surface area contributed by atoms with Crippen LogP contribution in [0.2, 0.25) is 0 Å². The molecule has 0 aromatic heterocycles. The number of phenols is 1. The minimum atomic E-state index is 0.201. The lowest BCUT2D eigenvalue weighted by molar-refractivity contribution is 0.474. The molecule has 1 aromatic rings. The third-order valence-electron chi connectivity index (χ3n) is 1.29. The van der Waals surface area contributed by atoms with E-state index in [1.54, 1.807) is 6.07 Å². The van der Waals surface area contributed by atoms with Crippen molar-refractivity contribution in [2.45, 2.75) is 0 Å². The molecule has 0 saturated heterocycles. The molecule has 0 spiro atoms. The van der Waals surface area contributed by atoms with Crippen LogP contribution in [0.4, 0.5) is 5.69 Å². The second-order valence-electron chi connectivity index (χ2n) is 2.30. The van der Waals surface area contributed by atoms with Gasteiger partial charge in [-0.05, 0) is 6.07 Å². The number of phenolic OH excluding ortho intramolecular Hbond substituents is 1. The third kappa shape index (κ3) is 1.21. The summed E-state index contributed by atoms with van der Waals surface area (Å²) in [7, 11) is 3.76. The Balaban J connectivity index is 3.03. The van der Waals surface area contributed by atoms with E-state index in [0.717, 1.165) is 5.69 Å². The highest BCUT2D eigenvalue weighted by atomic mass is 16.3. The minimum absolute atomic E-state index is 0.201.